The molecule has 8 heteroatoms. The van der Waals surface area contributed by atoms with Crippen LogP contribution in [-0.4, -0.2) is 27.8 Å². The molecule has 0 saturated heterocycles. The van der Waals surface area contributed by atoms with Gasteiger partial charge in [0.2, 0.25) is 5.76 Å². The lowest BCUT2D eigenvalue weighted by Crippen LogP contribution is -2.16. The highest BCUT2D eigenvalue weighted by molar-refractivity contribution is 6.01. The first-order valence-electron chi connectivity index (χ1n) is 9.80. The monoisotopic (exact) mass is 427 g/mol. The fourth-order valence-electron chi connectivity index (χ4n) is 3.56. The molecule has 0 spiro atoms. The van der Waals surface area contributed by atoms with Gasteiger partial charge in [0.15, 0.2) is 5.76 Å². The summed E-state index contributed by atoms with van der Waals surface area (Å²) in [6, 6.07) is 19.8. The normalized spacial score (nSPS) is 11.5. The topological polar surface area (TPSA) is 110 Å². The maximum atomic E-state index is 12.4. The zero-order valence-electron chi connectivity index (χ0n) is 16.7. The van der Waals surface area contributed by atoms with Gasteiger partial charge in [0.25, 0.3) is 0 Å². The maximum Gasteiger partial charge on any atom is 0.371 e. The molecule has 0 unspecified atom stereocenters. The minimum absolute atomic E-state index is 0.105. The van der Waals surface area contributed by atoms with E-state index in [1.54, 1.807) is 24.4 Å². The first-order valence-corrected chi connectivity index (χ1v) is 9.80. The number of aromatic nitrogens is 1. The molecule has 32 heavy (non-hydrogen) atoms. The van der Waals surface area contributed by atoms with Crippen LogP contribution in [0, 0.1) is 0 Å². The molecule has 5 rings (SSSR count). The highest BCUT2D eigenvalue weighted by Gasteiger charge is 2.13. The summed E-state index contributed by atoms with van der Waals surface area (Å²) in [6.07, 6.45) is 3.43. The Morgan fingerprint density at radius 3 is 2.62 bits per heavy atom. The molecule has 8 nitrogen and oxygen atoms in total. The number of benzene rings is 2. The number of fused-ring (bicyclic) bond motifs is 2. The van der Waals surface area contributed by atoms with E-state index in [2.05, 4.69) is 10.5 Å². The summed E-state index contributed by atoms with van der Waals surface area (Å²) < 4.78 is 12.9. The van der Waals surface area contributed by atoms with Crippen molar-refractivity contribution < 1.29 is 23.5 Å². The predicted molar refractivity (Wildman–Crippen MR) is 118 cm³/mol. The van der Waals surface area contributed by atoms with Crippen molar-refractivity contribution >= 4 is 40.0 Å². The van der Waals surface area contributed by atoms with Crippen LogP contribution in [0.2, 0.25) is 0 Å². The Balaban J connectivity index is 1.37. The summed E-state index contributed by atoms with van der Waals surface area (Å²) in [5.74, 6) is -0.964. The number of carboxylic acid groups (broad SMARTS) is 1. The summed E-state index contributed by atoms with van der Waals surface area (Å²) in [6.45, 7) is 0.354. The quantitative estimate of drug-likeness (QED) is 0.306. The molecule has 3 aromatic heterocycles. The van der Waals surface area contributed by atoms with E-state index < -0.39 is 11.9 Å². The molecule has 1 amide bonds. The highest BCUT2D eigenvalue weighted by atomic mass is 16.4. The zero-order chi connectivity index (χ0) is 22.1. The molecule has 5 aromatic rings. The molecule has 158 valence electrons. The van der Waals surface area contributed by atoms with E-state index in [4.69, 9.17) is 13.9 Å². The zero-order valence-corrected chi connectivity index (χ0v) is 16.7. The third-order valence-corrected chi connectivity index (χ3v) is 5.04. The van der Waals surface area contributed by atoms with Crippen LogP contribution in [0.4, 0.5) is 0 Å². The van der Waals surface area contributed by atoms with E-state index in [-0.39, 0.29) is 11.5 Å². The Bertz CT molecular complexity index is 1450. The van der Waals surface area contributed by atoms with Crippen LogP contribution in [0.5, 0.6) is 0 Å². The van der Waals surface area contributed by atoms with Crippen molar-refractivity contribution in [2.45, 2.75) is 6.54 Å². The fraction of sp³-hybridized carbons (Fsp3) is 0.0417. The van der Waals surface area contributed by atoms with Gasteiger partial charge in [-0.3, -0.25) is 4.79 Å². The summed E-state index contributed by atoms with van der Waals surface area (Å²) >= 11 is 0. The number of carboxylic acids is 1. The second-order valence-electron chi connectivity index (χ2n) is 7.15. The Labute approximate surface area is 181 Å². The Kier molecular flexibility index (Phi) is 4.79. The molecule has 0 aliphatic heterocycles. The molecular formula is C24H17N3O5. The number of carbonyl (C=O) groups is 2. The standard InChI is InChI=1S/C24H17N3O5/c28-23(22-11-15-5-1-4-8-20(15)32-22)26-25-12-16-13-27(19-7-3-2-6-18(16)19)14-17-9-10-21(31-17)24(29)30/h1-13H,14H2,(H,26,28)(H,29,30). The number of amides is 1. The maximum absolute atomic E-state index is 12.4. The van der Waals surface area contributed by atoms with Crippen LogP contribution in [-0.2, 0) is 6.54 Å². The van der Waals surface area contributed by atoms with E-state index >= 15 is 0 Å². The largest absolute Gasteiger partial charge is 0.475 e. The van der Waals surface area contributed by atoms with Gasteiger partial charge in [0.05, 0.1) is 12.8 Å². The number of para-hydroxylation sites is 2. The number of aromatic carboxylic acids is 1. The van der Waals surface area contributed by atoms with Gasteiger partial charge in [-0.1, -0.05) is 36.4 Å². The number of nitrogens with zero attached hydrogens (tertiary/aromatic N) is 2. The van der Waals surface area contributed by atoms with Crippen molar-refractivity contribution in [3.8, 4) is 0 Å². The third-order valence-electron chi connectivity index (χ3n) is 5.04. The van der Waals surface area contributed by atoms with Gasteiger partial charge >= 0.3 is 11.9 Å². The minimum atomic E-state index is -1.11. The lowest BCUT2D eigenvalue weighted by Gasteiger charge is -2.02. The second kappa shape index (κ2) is 7.92. The van der Waals surface area contributed by atoms with Gasteiger partial charge in [-0.2, -0.15) is 5.10 Å². The van der Waals surface area contributed by atoms with E-state index in [1.807, 2.05) is 53.2 Å². The lowest BCUT2D eigenvalue weighted by atomic mass is 10.2. The van der Waals surface area contributed by atoms with E-state index in [1.165, 1.54) is 6.07 Å². The van der Waals surface area contributed by atoms with E-state index in [0.717, 1.165) is 21.9 Å². The van der Waals surface area contributed by atoms with E-state index in [0.29, 0.717) is 17.9 Å². The average Bonchev–Trinajstić information content (AvgIpc) is 3.52. The summed E-state index contributed by atoms with van der Waals surface area (Å²) in [5, 5.41) is 14.9. The molecule has 3 heterocycles. The van der Waals surface area contributed by atoms with Crippen LogP contribution >= 0.6 is 0 Å². The second-order valence-corrected chi connectivity index (χ2v) is 7.15. The number of carbonyl (C=O) groups excluding carboxylic acids is 1. The molecule has 2 aromatic carbocycles. The van der Waals surface area contributed by atoms with Crippen LogP contribution in [0.3, 0.4) is 0 Å². The Morgan fingerprint density at radius 2 is 1.81 bits per heavy atom. The van der Waals surface area contributed by atoms with Crippen LogP contribution in [0.15, 0.2) is 86.9 Å². The molecule has 0 radical (unpaired) electrons. The molecular weight excluding hydrogens is 410 g/mol. The number of nitrogens with one attached hydrogen (secondary N) is 1. The van der Waals surface area contributed by atoms with Gasteiger partial charge < -0.3 is 18.5 Å². The van der Waals surface area contributed by atoms with Gasteiger partial charge in [0, 0.05) is 28.0 Å². The van der Waals surface area contributed by atoms with Gasteiger partial charge in [-0.05, 0) is 30.3 Å². The van der Waals surface area contributed by atoms with Gasteiger partial charge in [0.1, 0.15) is 11.3 Å². The number of furan rings is 2. The third kappa shape index (κ3) is 3.65. The number of hydrogen-bond acceptors (Lipinski definition) is 5. The lowest BCUT2D eigenvalue weighted by molar-refractivity contribution is 0.0660. The number of hydrogen-bond donors (Lipinski definition) is 2. The molecule has 2 N–H and O–H groups in total. The summed E-state index contributed by atoms with van der Waals surface area (Å²) in [7, 11) is 0. The van der Waals surface area contributed by atoms with E-state index in [9.17, 15) is 9.59 Å². The number of rotatable bonds is 6. The first kappa shape index (κ1) is 19.4. The van der Waals surface area contributed by atoms with Crippen LogP contribution < -0.4 is 5.43 Å². The minimum Gasteiger partial charge on any atom is -0.475 e. The molecule has 0 saturated carbocycles. The highest BCUT2D eigenvalue weighted by Crippen LogP contribution is 2.22. The smallest absolute Gasteiger partial charge is 0.371 e. The van der Waals surface area contributed by atoms with Gasteiger partial charge in [-0.15, -0.1) is 0 Å². The van der Waals surface area contributed by atoms with Crippen molar-refractivity contribution in [3.05, 3.63) is 95.8 Å². The van der Waals surface area contributed by atoms with Gasteiger partial charge in [-0.25, -0.2) is 10.2 Å². The van der Waals surface area contributed by atoms with Crippen molar-refractivity contribution in [2.24, 2.45) is 5.10 Å². The van der Waals surface area contributed by atoms with Crippen molar-refractivity contribution in [2.75, 3.05) is 0 Å². The van der Waals surface area contributed by atoms with Crippen molar-refractivity contribution in [1.29, 1.82) is 0 Å². The average molecular weight is 427 g/mol. The van der Waals surface area contributed by atoms with Crippen molar-refractivity contribution in [3.63, 3.8) is 0 Å². The molecule has 0 atom stereocenters. The Morgan fingerprint density at radius 1 is 1.00 bits per heavy atom. The van der Waals surface area contributed by atoms with Crippen LogP contribution in [0.1, 0.15) is 32.4 Å². The number of hydrazone groups is 1. The predicted octanol–water partition coefficient (Wildman–Crippen LogP) is 4.49. The molecule has 0 aliphatic carbocycles. The molecule has 0 fully saturated rings. The SMILES string of the molecule is O=C(O)c1ccc(Cn2cc(C=NNC(=O)c3cc4ccccc4o3)c3ccccc32)o1. The summed E-state index contributed by atoms with van der Waals surface area (Å²) in [5.41, 5.74) is 4.83. The molecule has 0 aliphatic rings. The first-order chi connectivity index (χ1) is 15.6. The van der Waals surface area contributed by atoms with Crippen LogP contribution in [0.25, 0.3) is 21.9 Å². The fourth-order valence-corrected chi connectivity index (χ4v) is 3.56. The van der Waals surface area contributed by atoms with Crippen molar-refractivity contribution in [1.82, 2.24) is 9.99 Å². The summed E-state index contributed by atoms with van der Waals surface area (Å²) in [4.78, 5) is 23.4. The Hall–Kier alpha value is -4.59. The molecule has 0 bridgehead atoms.